The number of piperidine rings is 1. The first kappa shape index (κ1) is 14.2. The van der Waals surface area contributed by atoms with Crippen LogP contribution in [0.1, 0.15) is 24.8 Å². The molecule has 0 aliphatic carbocycles. The summed E-state index contributed by atoms with van der Waals surface area (Å²) in [4.78, 5) is 13.2. The number of nitrogens with zero attached hydrogens (tertiary/aromatic N) is 1. The number of benzene rings is 1. The molecular weight excluding hydrogens is 262 g/mol. The Morgan fingerprint density at radius 1 is 1.37 bits per heavy atom. The molecule has 1 aliphatic heterocycles. The summed E-state index contributed by atoms with van der Waals surface area (Å²) in [5.41, 5.74) is 12.9. The number of amides is 1. The summed E-state index contributed by atoms with van der Waals surface area (Å²) in [6.45, 7) is 2.33. The predicted molar refractivity (Wildman–Crippen MR) is 78.1 cm³/mol. The average molecular weight is 282 g/mol. The molecule has 4 nitrogen and oxygen atoms in total. The van der Waals surface area contributed by atoms with E-state index in [1.807, 2.05) is 18.2 Å². The summed E-state index contributed by atoms with van der Waals surface area (Å²) in [5, 5.41) is 0.747. The Balaban J connectivity index is 1.99. The molecule has 1 aromatic carbocycles. The summed E-state index contributed by atoms with van der Waals surface area (Å²) in [7, 11) is 0. The molecule has 4 N–H and O–H groups in total. The quantitative estimate of drug-likeness (QED) is 0.885. The number of hydrogen-bond acceptors (Lipinski definition) is 3. The van der Waals surface area contributed by atoms with E-state index in [0.717, 1.165) is 42.2 Å². The molecule has 0 radical (unpaired) electrons. The van der Waals surface area contributed by atoms with Crippen molar-refractivity contribution in [1.82, 2.24) is 0 Å². The van der Waals surface area contributed by atoms with Crippen LogP contribution in [0.15, 0.2) is 18.2 Å². The molecule has 0 aromatic heterocycles. The van der Waals surface area contributed by atoms with E-state index in [4.69, 9.17) is 23.1 Å². The summed E-state index contributed by atoms with van der Waals surface area (Å²) in [6.07, 6.45) is 2.46. The number of nitrogens with two attached hydrogens (primary N) is 2. The minimum Gasteiger partial charge on any atom is -0.370 e. The zero-order chi connectivity index (χ0) is 13.8. The molecule has 5 heteroatoms. The van der Waals surface area contributed by atoms with Gasteiger partial charge in [-0.05, 0) is 36.5 Å². The molecule has 1 heterocycles. The lowest BCUT2D eigenvalue weighted by Gasteiger charge is -2.33. The molecule has 0 bridgehead atoms. The van der Waals surface area contributed by atoms with Gasteiger partial charge >= 0.3 is 0 Å². The number of carbonyl (C=O) groups is 1. The maximum Gasteiger partial charge on any atom is 0.217 e. The van der Waals surface area contributed by atoms with Gasteiger partial charge < -0.3 is 16.4 Å². The average Bonchev–Trinajstić information content (AvgIpc) is 2.39. The van der Waals surface area contributed by atoms with Crippen LogP contribution in [-0.2, 0) is 11.3 Å². The van der Waals surface area contributed by atoms with Crippen LogP contribution in [0.2, 0.25) is 5.02 Å². The highest BCUT2D eigenvalue weighted by atomic mass is 35.5. The van der Waals surface area contributed by atoms with Gasteiger partial charge in [-0.3, -0.25) is 4.79 Å². The fraction of sp³-hybridized carbons (Fsp3) is 0.500. The van der Waals surface area contributed by atoms with Crippen molar-refractivity contribution in [3.8, 4) is 0 Å². The molecule has 1 aromatic rings. The predicted octanol–water partition coefficient (Wildman–Crippen LogP) is 1.89. The fourth-order valence-electron chi connectivity index (χ4n) is 2.60. The third kappa shape index (κ3) is 3.61. The zero-order valence-electron chi connectivity index (χ0n) is 10.9. The molecule has 1 fully saturated rings. The van der Waals surface area contributed by atoms with Crippen LogP contribution < -0.4 is 16.4 Å². The lowest BCUT2D eigenvalue weighted by atomic mass is 9.93. The first-order valence-electron chi connectivity index (χ1n) is 6.62. The van der Waals surface area contributed by atoms with Crippen LogP contribution in [0, 0.1) is 5.92 Å². The number of anilines is 1. The Hall–Kier alpha value is -1.26. The van der Waals surface area contributed by atoms with Gasteiger partial charge in [-0.1, -0.05) is 17.7 Å². The van der Waals surface area contributed by atoms with E-state index in [-0.39, 0.29) is 5.91 Å². The van der Waals surface area contributed by atoms with Crippen molar-refractivity contribution in [1.29, 1.82) is 0 Å². The van der Waals surface area contributed by atoms with Crippen LogP contribution in [0.3, 0.4) is 0 Å². The van der Waals surface area contributed by atoms with Crippen LogP contribution >= 0.6 is 11.6 Å². The minimum absolute atomic E-state index is 0.205. The third-order valence-electron chi connectivity index (χ3n) is 3.69. The van der Waals surface area contributed by atoms with Gasteiger partial charge in [0.15, 0.2) is 0 Å². The van der Waals surface area contributed by atoms with Crippen molar-refractivity contribution in [3.63, 3.8) is 0 Å². The second-order valence-electron chi connectivity index (χ2n) is 5.09. The molecular formula is C14H20ClN3O. The smallest absolute Gasteiger partial charge is 0.217 e. The van der Waals surface area contributed by atoms with Crippen molar-refractivity contribution < 1.29 is 4.79 Å². The Bertz CT molecular complexity index is 456. The topological polar surface area (TPSA) is 72.3 Å². The van der Waals surface area contributed by atoms with E-state index >= 15 is 0 Å². The Morgan fingerprint density at radius 3 is 2.58 bits per heavy atom. The van der Waals surface area contributed by atoms with Crippen LogP contribution in [0.25, 0.3) is 0 Å². The monoisotopic (exact) mass is 281 g/mol. The molecule has 1 saturated heterocycles. The second-order valence-corrected chi connectivity index (χ2v) is 5.50. The molecule has 1 amide bonds. The molecule has 0 unspecified atom stereocenters. The number of hydrogen-bond donors (Lipinski definition) is 2. The first-order valence-corrected chi connectivity index (χ1v) is 6.99. The van der Waals surface area contributed by atoms with Crippen LogP contribution in [-0.4, -0.2) is 19.0 Å². The second kappa shape index (κ2) is 6.26. The molecule has 2 rings (SSSR count). The van der Waals surface area contributed by atoms with Gasteiger partial charge in [-0.25, -0.2) is 0 Å². The van der Waals surface area contributed by atoms with Crippen molar-refractivity contribution >= 4 is 23.2 Å². The van der Waals surface area contributed by atoms with Crippen LogP contribution in [0.4, 0.5) is 5.69 Å². The molecule has 19 heavy (non-hydrogen) atoms. The zero-order valence-corrected chi connectivity index (χ0v) is 11.7. The molecule has 1 aliphatic rings. The number of primary amides is 1. The SMILES string of the molecule is NCc1ccc(N2CCC(CC(N)=O)CC2)c(Cl)c1. The summed E-state index contributed by atoms with van der Waals surface area (Å²) in [5.74, 6) is 0.208. The highest BCUT2D eigenvalue weighted by molar-refractivity contribution is 6.33. The standard InChI is InChI=1S/C14H20ClN3O/c15-12-7-11(9-16)1-2-13(12)18-5-3-10(4-6-18)8-14(17)19/h1-2,7,10H,3-6,8-9,16H2,(H2,17,19). The first-order chi connectivity index (χ1) is 9.10. The maximum atomic E-state index is 10.9. The molecule has 0 spiro atoms. The third-order valence-corrected chi connectivity index (χ3v) is 4.00. The van der Waals surface area contributed by atoms with Crippen molar-refractivity contribution in [2.45, 2.75) is 25.8 Å². The van der Waals surface area contributed by atoms with Crippen LogP contribution in [0.5, 0.6) is 0 Å². The Morgan fingerprint density at radius 2 is 2.05 bits per heavy atom. The minimum atomic E-state index is -0.205. The summed E-state index contributed by atoms with van der Waals surface area (Å²) >= 11 is 6.29. The van der Waals surface area contributed by atoms with E-state index in [1.54, 1.807) is 0 Å². The Kier molecular flexibility index (Phi) is 4.66. The van der Waals surface area contributed by atoms with Crippen molar-refractivity contribution in [2.75, 3.05) is 18.0 Å². The number of halogens is 1. The van der Waals surface area contributed by atoms with Gasteiger partial charge in [0.1, 0.15) is 0 Å². The molecule has 0 atom stereocenters. The number of carbonyl (C=O) groups excluding carboxylic acids is 1. The highest BCUT2D eigenvalue weighted by Gasteiger charge is 2.22. The lowest BCUT2D eigenvalue weighted by Crippen LogP contribution is -2.35. The van der Waals surface area contributed by atoms with E-state index < -0.39 is 0 Å². The number of rotatable bonds is 4. The normalized spacial score (nSPS) is 16.6. The summed E-state index contributed by atoms with van der Waals surface area (Å²) in [6, 6.07) is 5.96. The maximum absolute atomic E-state index is 10.9. The largest absolute Gasteiger partial charge is 0.370 e. The fourth-order valence-corrected chi connectivity index (χ4v) is 2.92. The van der Waals surface area contributed by atoms with E-state index in [2.05, 4.69) is 4.90 Å². The Labute approximate surface area is 118 Å². The van der Waals surface area contributed by atoms with Crippen molar-refractivity contribution in [2.24, 2.45) is 17.4 Å². The van der Waals surface area contributed by atoms with Gasteiger partial charge in [0.25, 0.3) is 0 Å². The van der Waals surface area contributed by atoms with Crippen molar-refractivity contribution in [3.05, 3.63) is 28.8 Å². The van der Waals surface area contributed by atoms with Gasteiger partial charge in [-0.2, -0.15) is 0 Å². The van der Waals surface area contributed by atoms with Gasteiger partial charge in [0, 0.05) is 26.1 Å². The summed E-state index contributed by atoms with van der Waals surface area (Å²) < 4.78 is 0. The van der Waals surface area contributed by atoms with E-state index in [9.17, 15) is 4.79 Å². The van der Waals surface area contributed by atoms with Gasteiger partial charge in [-0.15, -0.1) is 0 Å². The lowest BCUT2D eigenvalue weighted by molar-refractivity contribution is -0.119. The molecule has 104 valence electrons. The van der Waals surface area contributed by atoms with Gasteiger partial charge in [0.05, 0.1) is 10.7 Å². The van der Waals surface area contributed by atoms with E-state index in [0.29, 0.717) is 18.9 Å². The van der Waals surface area contributed by atoms with E-state index in [1.165, 1.54) is 0 Å². The van der Waals surface area contributed by atoms with Gasteiger partial charge in [0.2, 0.25) is 5.91 Å². The molecule has 0 saturated carbocycles. The highest BCUT2D eigenvalue weighted by Crippen LogP contribution is 2.31.